The van der Waals surface area contributed by atoms with E-state index in [1.165, 1.54) is 70.1 Å². The molecule has 0 aliphatic heterocycles. The van der Waals surface area contributed by atoms with Gasteiger partial charge in [0, 0.05) is 17.0 Å². The number of hydrogen-bond donors (Lipinski definition) is 1. The van der Waals surface area contributed by atoms with Crippen molar-refractivity contribution < 1.29 is 0 Å². The molecule has 2 fully saturated rings. The van der Waals surface area contributed by atoms with E-state index < -0.39 is 0 Å². The highest BCUT2D eigenvalue weighted by molar-refractivity contribution is 7.99. The van der Waals surface area contributed by atoms with Crippen molar-refractivity contribution in [2.24, 2.45) is 5.92 Å². The van der Waals surface area contributed by atoms with E-state index in [1.807, 2.05) is 0 Å². The Labute approximate surface area is 112 Å². The number of nitrogens with one attached hydrogen (secondary N) is 1. The maximum atomic E-state index is 3.79. The maximum absolute atomic E-state index is 3.79. The van der Waals surface area contributed by atoms with Gasteiger partial charge in [-0.3, -0.25) is 0 Å². The monoisotopic (exact) mass is 255 g/mol. The van der Waals surface area contributed by atoms with Gasteiger partial charge in [0.05, 0.1) is 0 Å². The smallest absolute Gasteiger partial charge is 0.0186 e. The molecule has 17 heavy (non-hydrogen) atoms. The van der Waals surface area contributed by atoms with Gasteiger partial charge in [0.15, 0.2) is 0 Å². The van der Waals surface area contributed by atoms with E-state index in [9.17, 15) is 0 Å². The summed E-state index contributed by atoms with van der Waals surface area (Å²) in [6, 6.07) is 0.815. The molecule has 0 radical (unpaired) electrons. The topological polar surface area (TPSA) is 12.0 Å². The van der Waals surface area contributed by atoms with Crippen LogP contribution in [0.3, 0.4) is 0 Å². The van der Waals surface area contributed by atoms with Gasteiger partial charge in [0.25, 0.3) is 0 Å². The minimum absolute atomic E-state index is 0.815. The summed E-state index contributed by atoms with van der Waals surface area (Å²) in [5, 5.41) is 4.77. The van der Waals surface area contributed by atoms with Gasteiger partial charge >= 0.3 is 0 Å². The molecule has 0 bridgehead atoms. The van der Waals surface area contributed by atoms with E-state index in [0.29, 0.717) is 0 Å². The van der Waals surface area contributed by atoms with Gasteiger partial charge in [-0.25, -0.2) is 0 Å². The van der Waals surface area contributed by atoms with Gasteiger partial charge in [-0.2, -0.15) is 11.8 Å². The molecule has 2 heteroatoms. The first-order chi connectivity index (χ1) is 8.40. The Balaban J connectivity index is 1.67. The van der Waals surface area contributed by atoms with Crippen LogP contribution in [0.1, 0.15) is 64.7 Å². The van der Waals surface area contributed by atoms with E-state index in [2.05, 4.69) is 24.0 Å². The minimum Gasteiger partial charge on any atom is -0.313 e. The van der Waals surface area contributed by atoms with Crippen LogP contribution in [0.2, 0.25) is 0 Å². The Morgan fingerprint density at radius 2 is 1.82 bits per heavy atom. The van der Waals surface area contributed by atoms with Gasteiger partial charge in [0.1, 0.15) is 0 Å². The van der Waals surface area contributed by atoms with Crippen LogP contribution in [0.4, 0.5) is 0 Å². The van der Waals surface area contributed by atoms with Crippen LogP contribution < -0.4 is 5.32 Å². The van der Waals surface area contributed by atoms with E-state index in [1.54, 1.807) is 0 Å². The van der Waals surface area contributed by atoms with E-state index >= 15 is 0 Å². The molecule has 0 saturated heterocycles. The lowest BCUT2D eigenvalue weighted by Gasteiger charge is -2.35. The first kappa shape index (κ1) is 13.7. The third kappa shape index (κ3) is 4.48. The number of rotatable bonds is 7. The lowest BCUT2D eigenvalue weighted by atomic mass is 9.80. The summed E-state index contributed by atoms with van der Waals surface area (Å²) in [5.41, 5.74) is 0. The van der Waals surface area contributed by atoms with Crippen LogP contribution in [-0.2, 0) is 0 Å². The van der Waals surface area contributed by atoms with Crippen LogP contribution in [0.5, 0.6) is 0 Å². The van der Waals surface area contributed by atoms with Crippen LogP contribution in [0, 0.1) is 5.92 Å². The minimum atomic E-state index is 0.815. The Bertz CT molecular complexity index is 197. The predicted octanol–water partition coefficient (Wildman–Crippen LogP) is 4.22. The van der Waals surface area contributed by atoms with E-state index in [4.69, 9.17) is 0 Å². The average molecular weight is 255 g/mol. The molecular weight excluding hydrogens is 226 g/mol. The summed E-state index contributed by atoms with van der Waals surface area (Å²) >= 11 is 2.27. The second-order valence-electron chi connectivity index (χ2n) is 5.84. The van der Waals surface area contributed by atoms with Gasteiger partial charge in [-0.05, 0) is 44.6 Å². The zero-order valence-corrected chi connectivity index (χ0v) is 12.2. The molecule has 0 aromatic carbocycles. The Morgan fingerprint density at radius 3 is 2.41 bits per heavy atom. The third-order valence-electron chi connectivity index (χ3n) is 4.44. The molecule has 0 spiro atoms. The molecule has 0 heterocycles. The first-order valence-electron chi connectivity index (χ1n) is 7.75. The summed E-state index contributed by atoms with van der Waals surface area (Å²) in [5.74, 6) is 2.37. The molecule has 1 nitrogen and oxygen atoms in total. The van der Waals surface area contributed by atoms with Crippen LogP contribution in [0.25, 0.3) is 0 Å². The predicted molar refractivity (Wildman–Crippen MR) is 78.8 cm³/mol. The highest BCUT2D eigenvalue weighted by atomic mass is 32.2. The SMILES string of the molecule is CCCNC(CSC1CCCCC1)C1CCC1. The van der Waals surface area contributed by atoms with Gasteiger partial charge < -0.3 is 5.32 Å². The first-order valence-corrected chi connectivity index (χ1v) is 8.80. The highest BCUT2D eigenvalue weighted by Gasteiger charge is 2.27. The number of thioether (sulfide) groups is 1. The average Bonchev–Trinajstić information content (AvgIpc) is 2.31. The summed E-state index contributed by atoms with van der Waals surface area (Å²) < 4.78 is 0. The van der Waals surface area contributed by atoms with Crippen molar-refractivity contribution >= 4 is 11.8 Å². The second kappa shape index (κ2) is 7.68. The maximum Gasteiger partial charge on any atom is 0.0186 e. The van der Waals surface area contributed by atoms with E-state index in [0.717, 1.165) is 17.2 Å². The lowest BCUT2D eigenvalue weighted by molar-refractivity contribution is 0.244. The van der Waals surface area contributed by atoms with Crippen LogP contribution in [0.15, 0.2) is 0 Å². The van der Waals surface area contributed by atoms with E-state index in [-0.39, 0.29) is 0 Å². The summed E-state index contributed by atoms with van der Waals surface area (Å²) in [4.78, 5) is 0. The van der Waals surface area contributed by atoms with Crippen molar-refractivity contribution in [2.45, 2.75) is 76.0 Å². The van der Waals surface area contributed by atoms with Crippen LogP contribution >= 0.6 is 11.8 Å². The molecule has 2 rings (SSSR count). The van der Waals surface area contributed by atoms with Gasteiger partial charge in [0.2, 0.25) is 0 Å². The fourth-order valence-corrected chi connectivity index (χ4v) is 4.54. The Kier molecular flexibility index (Phi) is 6.21. The molecule has 100 valence electrons. The lowest BCUT2D eigenvalue weighted by Crippen LogP contribution is -2.42. The zero-order chi connectivity index (χ0) is 11.9. The summed E-state index contributed by atoms with van der Waals surface area (Å²) in [7, 11) is 0. The summed E-state index contributed by atoms with van der Waals surface area (Å²) in [6.07, 6.45) is 13.1. The highest BCUT2D eigenvalue weighted by Crippen LogP contribution is 2.34. The molecule has 2 aliphatic rings. The largest absolute Gasteiger partial charge is 0.313 e. The molecule has 0 amide bonds. The molecule has 2 aliphatic carbocycles. The summed E-state index contributed by atoms with van der Waals surface area (Å²) in [6.45, 7) is 3.49. The standard InChI is InChI=1S/C15H29NS/c1-2-11-16-15(13-7-6-8-13)12-17-14-9-4-3-5-10-14/h13-16H,2-12H2,1H3. The van der Waals surface area contributed by atoms with Gasteiger partial charge in [-0.15, -0.1) is 0 Å². The van der Waals surface area contributed by atoms with Crippen molar-refractivity contribution in [3.8, 4) is 0 Å². The zero-order valence-electron chi connectivity index (χ0n) is 11.4. The molecule has 1 atom stereocenters. The van der Waals surface area contributed by atoms with Crippen molar-refractivity contribution in [2.75, 3.05) is 12.3 Å². The molecule has 1 N–H and O–H groups in total. The fourth-order valence-electron chi connectivity index (χ4n) is 3.01. The molecule has 0 aromatic heterocycles. The molecule has 0 aromatic rings. The quantitative estimate of drug-likeness (QED) is 0.731. The third-order valence-corrected chi connectivity index (χ3v) is 5.93. The van der Waals surface area contributed by atoms with Crippen molar-refractivity contribution in [3.63, 3.8) is 0 Å². The van der Waals surface area contributed by atoms with Crippen molar-refractivity contribution in [3.05, 3.63) is 0 Å². The molecular formula is C15H29NS. The van der Waals surface area contributed by atoms with Gasteiger partial charge in [-0.1, -0.05) is 32.6 Å². The molecule has 2 saturated carbocycles. The second-order valence-corrected chi connectivity index (χ2v) is 7.18. The van der Waals surface area contributed by atoms with Crippen molar-refractivity contribution in [1.29, 1.82) is 0 Å². The van der Waals surface area contributed by atoms with Crippen LogP contribution in [-0.4, -0.2) is 23.6 Å². The Morgan fingerprint density at radius 1 is 1.06 bits per heavy atom. The van der Waals surface area contributed by atoms with Crippen molar-refractivity contribution in [1.82, 2.24) is 5.32 Å². The fraction of sp³-hybridized carbons (Fsp3) is 1.00. The number of hydrogen-bond acceptors (Lipinski definition) is 2. The normalized spacial score (nSPS) is 24.5. The molecule has 1 unspecified atom stereocenters. The Hall–Kier alpha value is 0.310.